The minimum absolute atomic E-state index is 0.152. The maximum atomic E-state index is 12.5. The van der Waals surface area contributed by atoms with Crippen molar-refractivity contribution in [2.45, 2.75) is 46.1 Å². The van der Waals surface area contributed by atoms with Gasteiger partial charge >= 0.3 is 0 Å². The summed E-state index contributed by atoms with van der Waals surface area (Å²) in [5, 5.41) is 10.0. The van der Waals surface area contributed by atoms with Crippen LogP contribution in [0, 0.1) is 0 Å². The third-order valence-corrected chi connectivity index (χ3v) is 4.16. The van der Waals surface area contributed by atoms with Gasteiger partial charge in [-0.2, -0.15) is 0 Å². The van der Waals surface area contributed by atoms with E-state index < -0.39 is 12.4 Å². The Morgan fingerprint density at radius 1 is 1.24 bits per heavy atom. The molecule has 0 fully saturated rings. The van der Waals surface area contributed by atoms with Crippen LogP contribution >= 0.6 is 0 Å². The first kappa shape index (κ1) is 20.0. The number of nitrogens with one attached hydrogen (secondary N) is 2. The highest BCUT2D eigenvalue weighted by atomic mass is 16.7. The third kappa shape index (κ3) is 5.58. The lowest BCUT2D eigenvalue weighted by atomic mass is 10.1. The van der Waals surface area contributed by atoms with Crippen LogP contribution in [0.25, 0.3) is 0 Å². The molecule has 8 nitrogen and oxygen atoms in total. The fraction of sp³-hybridized carbons (Fsp3) is 0.765. The van der Waals surface area contributed by atoms with Crippen molar-refractivity contribution in [1.29, 1.82) is 0 Å². The molecule has 1 aliphatic rings. The summed E-state index contributed by atoms with van der Waals surface area (Å²) in [4.78, 5) is 21.0. The largest absolute Gasteiger partial charge is 0.385 e. The Bertz CT molecular complexity index is 586. The van der Waals surface area contributed by atoms with Gasteiger partial charge in [-0.1, -0.05) is 0 Å². The first-order valence-electron chi connectivity index (χ1n) is 9.03. The van der Waals surface area contributed by atoms with Crippen LogP contribution in [0.3, 0.4) is 0 Å². The second-order valence-electron chi connectivity index (χ2n) is 6.06. The summed E-state index contributed by atoms with van der Waals surface area (Å²) < 4.78 is 16.3. The Kier molecular flexibility index (Phi) is 7.98. The number of aliphatic hydroxyl groups excluding tert-OH is 1. The first-order valence-corrected chi connectivity index (χ1v) is 9.03. The van der Waals surface area contributed by atoms with Gasteiger partial charge in [0.1, 0.15) is 19.2 Å². The topological polar surface area (TPSA) is 98.1 Å². The van der Waals surface area contributed by atoms with E-state index in [2.05, 4.69) is 9.97 Å². The quantitative estimate of drug-likeness (QED) is 0.474. The molecule has 3 N–H and O–H groups in total. The molecule has 0 aliphatic carbocycles. The summed E-state index contributed by atoms with van der Waals surface area (Å²) in [7, 11) is 0. The zero-order valence-corrected chi connectivity index (χ0v) is 15.3. The van der Waals surface area contributed by atoms with Gasteiger partial charge in [0.15, 0.2) is 5.82 Å². The second-order valence-corrected chi connectivity index (χ2v) is 6.06. The number of quaternary nitrogens is 1. The van der Waals surface area contributed by atoms with E-state index in [4.69, 9.17) is 14.2 Å². The fourth-order valence-corrected chi connectivity index (χ4v) is 3.03. The molecule has 2 atom stereocenters. The van der Waals surface area contributed by atoms with Gasteiger partial charge in [-0.15, -0.1) is 0 Å². The molecular weight excluding hydrogens is 326 g/mol. The van der Waals surface area contributed by atoms with Gasteiger partial charge in [0, 0.05) is 26.2 Å². The summed E-state index contributed by atoms with van der Waals surface area (Å²) in [6, 6.07) is 0. The van der Waals surface area contributed by atoms with Gasteiger partial charge in [-0.05, 0) is 20.8 Å². The summed E-state index contributed by atoms with van der Waals surface area (Å²) in [6.45, 7) is 9.43. The average molecular weight is 356 g/mol. The highest BCUT2D eigenvalue weighted by molar-refractivity contribution is 5.19. The first-order chi connectivity index (χ1) is 12.1. The van der Waals surface area contributed by atoms with Gasteiger partial charge < -0.3 is 29.2 Å². The summed E-state index contributed by atoms with van der Waals surface area (Å²) in [5.74, 6) is 0.423. The number of rotatable bonds is 10. The zero-order chi connectivity index (χ0) is 18.2. The molecule has 1 aromatic heterocycles. The molecule has 142 valence electrons. The van der Waals surface area contributed by atoms with Crippen molar-refractivity contribution in [1.82, 2.24) is 9.97 Å². The minimum atomic E-state index is -0.647. The van der Waals surface area contributed by atoms with E-state index in [9.17, 15) is 9.90 Å². The number of fused-ring (bicyclic) bond motifs is 1. The van der Waals surface area contributed by atoms with Crippen LogP contribution in [-0.2, 0) is 27.2 Å². The Morgan fingerprint density at radius 2 is 1.96 bits per heavy atom. The monoisotopic (exact) mass is 356 g/mol. The number of aromatic amines is 1. The molecule has 2 heterocycles. The number of H-pyrrole nitrogens is 1. The molecule has 0 amide bonds. The van der Waals surface area contributed by atoms with E-state index >= 15 is 0 Å². The van der Waals surface area contributed by atoms with E-state index in [0.29, 0.717) is 57.3 Å². The van der Waals surface area contributed by atoms with Crippen molar-refractivity contribution in [2.24, 2.45) is 0 Å². The average Bonchev–Trinajstić information content (AvgIpc) is 2.60. The van der Waals surface area contributed by atoms with E-state index in [1.807, 2.05) is 20.8 Å². The van der Waals surface area contributed by atoms with Gasteiger partial charge in [-0.3, -0.25) is 4.79 Å². The molecule has 8 heteroatoms. The summed E-state index contributed by atoms with van der Waals surface area (Å²) >= 11 is 0. The lowest BCUT2D eigenvalue weighted by Crippen LogP contribution is -3.13. The molecule has 0 spiro atoms. The Labute approximate surface area is 148 Å². The van der Waals surface area contributed by atoms with E-state index in [0.717, 1.165) is 17.1 Å². The van der Waals surface area contributed by atoms with Crippen LogP contribution in [0.5, 0.6) is 0 Å². The summed E-state index contributed by atoms with van der Waals surface area (Å²) in [5.41, 5.74) is 1.33. The number of nitrogens with zero attached hydrogens (tertiary/aromatic N) is 1. The van der Waals surface area contributed by atoms with Crippen molar-refractivity contribution in [3.05, 3.63) is 27.4 Å². The molecule has 0 saturated heterocycles. The Morgan fingerprint density at radius 3 is 2.60 bits per heavy atom. The van der Waals surface area contributed by atoms with Gasteiger partial charge in [0.05, 0.1) is 24.4 Å². The molecule has 0 saturated carbocycles. The normalized spacial score (nSPS) is 18.4. The number of hydrogen-bond acceptors (Lipinski definition) is 6. The second kappa shape index (κ2) is 9.98. The van der Waals surface area contributed by atoms with Crippen molar-refractivity contribution >= 4 is 0 Å². The molecular formula is C17H30N3O5+. The number of aliphatic hydroxyl groups is 1. The number of ether oxygens (including phenoxy) is 3. The van der Waals surface area contributed by atoms with Gasteiger partial charge in [-0.25, -0.2) is 4.98 Å². The smallest absolute Gasteiger partial charge is 0.260 e. The van der Waals surface area contributed by atoms with Crippen molar-refractivity contribution < 1.29 is 24.2 Å². The third-order valence-electron chi connectivity index (χ3n) is 4.16. The van der Waals surface area contributed by atoms with Crippen LogP contribution in [0.2, 0.25) is 0 Å². The Hall–Kier alpha value is -1.32. The summed E-state index contributed by atoms with van der Waals surface area (Å²) in [6.07, 6.45) is -0.483. The van der Waals surface area contributed by atoms with E-state index in [1.165, 1.54) is 0 Å². The van der Waals surface area contributed by atoms with Crippen molar-refractivity contribution in [3.63, 3.8) is 0 Å². The molecule has 1 aliphatic heterocycles. The molecule has 0 radical (unpaired) electrons. The lowest BCUT2D eigenvalue weighted by Gasteiger charge is -2.27. The van der Waals surface area contributed by atoms with Gasteiger partial charge in [0.2, 0.25) is 6.29 Å². The Balaban J connectivity index is 2.09. The lowest BCUT2D eigenvalue weighted by molar-refractivity contribution is -0.919. The molecule has 0 aromatic carbocycles. The van der Waals surface area contributed by atoms with Crippen LogP contribution in [0.4, 0.5) is 0 Å². The highest BCUT2D eigenvalue weighted by Gasteiger charge is 2.27. The molecule has 1 aromatic rings. The van der Waals surface area contributed by atoms with E-state index in [1.54, 1.807) is 0 Å². The number of hydrogen-bond donors (Lipinski definition) is 3. The SMILES string of the molecule is CCOC[C@@H](O)C[NH+]1CCc2nc(C(OCC)OCC)[nH]c(=O)c2C1. The standard InChI is InChI=1S/C17H29N3O5/c1-4-23-11-12(21)9-20-8-7-14-13(10-20)16(22)19-15(18-14)17(24-5-2)25-6-3/h12,17,21H,4-11H2,1-3H3,(H,18,19,22)/p+1/t12-/m0/s1. The molecule has 25 heavy (non-hydrogen) atoms. The van der Waals surface area contributed by atoms with Crippen molar-refractivity contribution in [3.8, 4) is 0 Å². The maximum Gasteiger partial charge on any atom is 0.260 e. The molecule has 0 bridgehead atoms. The van der Waals surface area contributed by atoms with Crippen LogP contribution in [0.1, 0.15) is 44.1 Å². The molecule has 1 unspecified atom stereocenters. The molecule has 2 rings (SSSR count). The predicted molar refractivity (Wildman–Crippen MR) is 91.5 cm³/mol. The fourth-order valence-electron chi connectivity index (χ4n) is 3.03. The highest BCUT2D eigenvalue weighted by Crippen LogP contribution is 2.15. The minimum Gasteiger partial charge on any atom is -0.385 e. The van der Waals surface area contributed by atoms with Crippen LogP contribution in [0.15, 0.2) is 4.79 Å². The predicted octanol–water partition coefficient (Wildman–Crippen LogP) is -0.820. The van der Waals surface area contributed by atoms with E-state index in [-0.39, 0.29) is 5.56 Å². The van der Waals surface area contributed by atoms with Gasteiger partial charge in [0.25, 0.3) is 5.56 Å². The zero-order valence-electron chi connectivity index (χ0n) is 15.3. The van der Waals surface area contributed by atoms with Crippen LogP contribution in [-0.4, -0.2) is 60.7 Å². The maximum absolute atomic E-state index is 12.5. The number of aromatic nitrogens is 2. The van der Waals surface area contributed by atoms with Crippen molar-refractivity contribution in [2.75, 3.05) is 39.5 Å². The van der Waals surface area contributed by atoms with Crippen LogP contribution < -0.4 is 10.5 Å².